The van der Waals surface area contributed by atoms with Gasteiger partial charge < -0.3 is 10.1 Å². The summed E-state index contributed by atoms with van der Waals surface area (Å²) in [7, 11) is 0. The second-order valence-electron chi connectivity index (χ2n) is 5.37. The van der Waals surface area contributed by atoms with Crippen LogP contribution in [0.25, 0.3) is 0 Å². The lowest BCUT2D eigenvalue weighted by atomic mass is 9.97. The fourth-order valence-electron chi connectivity index (χ4n) is 2.95. The molecule has 3 rings (SSSR count). The van der Waals surface area contributed by atoms with Crippen molar-refractivity contribution in [1.29, 1.82) is 0 Å². The van der Waals surface area contributed by atoms with Crippen molar-refractivity contribution >= 4 is 15.9 Å². The molecule has 1 aromatic carbocycles. The molecule has 1 aliphatic heterocycles. The van der Waals surface area contributed by atoms with Gasteiger partial charge in [-0.25, -0.2) is 0 Å². The minimum atomic E-state index is 0.432. The SMILES string of the molecule is Brc1ccc2c(c1)OCCCC2NC1CC=CCC1. The van der Waals surface area contributed by atoms with Crippen molar-refractivity contribution in [2.45, 2.75) is 44.2 Å². The Morgan fingerprint density at radius 3 is 3.00 bits per heavy atom. The van der Waals surface area contributed by atoms with Crippen LogP contribution >= 0.6 is 15.9 Å². The molecule has 1 aliphatic carbocycles. The lowest BCUT2D eigenvalue weighted by Gasteiger charge is -2.26. The van der Waals surface area contributed by atoms with Crippen molar-refractivity contribution in [2.24, 2.45) is 0 Å². The third-order valence-corrected chi connectivity index (χ3v) is 4.44. The van der Waals surface area contributed by atoms with Gasteiger partial charge in [-0.15, -0.1) is 0 Å². The first-order valence-corrected chi connectivity index (χ1v) is 7.95. The first-order chi connectivity index (χ1) is 9.33. The molecule has 102 valence electrons. The molecule has 2 aliphatic rings. The zero-order valence-corrected chi connectivity index (χ0v) is 12.7. The highest BCUT2D eigenvalue weighted by molar-refractivity contribution is 9.10. The third kappa shape index (κ3) is 3.21. The first-order valence-electron chi connectivity index (χ1n) is 7.16. The quantitative estimate of drug-likeness (QED) is 0.817. The van der Waals surface area contributed by atoms with Gasteiger partial charge in [0.1, 0.15) is 5.75 Å². The van der Waals surface area contributed by atoms with Crippen LogP contribution in [0.1, 0.15) is 43.7 Å². The Hall–Kier alpha value is -0.800. The monoisotopic (exact) mass is 321 g/mol. The number of halogens is 1. The summed E-state index contributed by atoms with van der Waals surface area (Å²) in [4.78, 5) is 0. The van der Waals surface area contributed by atoms with Crippen molar-refractivity contribution in [2.75, 3.05) is 6.61 Å². The van der Waals surface area contributed by atoms with Crippen molar-refractivity contribution in [3.8, 4) is 5.75 Å². The highest BCUT2D eigenvalue weighted by atomic mass is 79.9. The standard InChI is InChI=1S/C16H20BrNO/c17-12-8-9-14-15(7-4-10-19-16(14)11-12)18-13-5-2-1-3-6-13/h1-2,8-9,11,13,15,18H,3-7,10H2. The number of hydrogen-bond donors (Lipinski definition) is 1. The van der Waals surface area contributed by atoms with Gasteiger partial charge in [0.25, 0.3) is 0 Å². The van der Waals surface area contributed by atoms with Gasteiger partial charge in [0.2, 0.25) is 0 Å². The second-order valence-corrected chi connectivity index (χ2v) is 6.29. The molecule has 2 atom stereocenters. The van der Waals surface area contributed by atoms with E-state index in [1.165, 1.54) is 18.4 Å². The van der Waals surface area contributed by atoms with Crippen LogP contribution in [-0.4, -0.2) is 12.6 Å². The zero-order chi connectivity index (χ0) is 13.1. The molecule has 0 fully saturated rings. The Morgan fingerprint density at radius 2 is 2.16 bits per heavy atom. The van der Waals surface area contributed by atoms with E-state index in [4.69, 9.17) is 4.74 Å². The number of allylic oxidation sites excluding steroid dienone is 1. The van der Waals surface area contributed by atoms with Crippen molar-refractivity contribution < 1.29 is 4.74 Å². The first kappa shape index (κ1) is 13.2. The molecule has 0 saturated carbocycles. The van der Waals surface area contributed by atoms with Gasteiger partial charge in [0, 0.05) is 22.1 Å². The average molecular weight is 322 g/mol. The maximum Gasteiger partial charge on any atom is 0.125 e. The van der Waals surface area contributed by atoms with Crippen LogP contribution < -0.4 is 10.1 Å². The van der Waals surface area contributed by atoms with E-state index in [-0.39, 0.29) is 0 Å². The molecule has 2 nitrogen and oxygen atoms in total. The lowest BCUT2D eigenvalue weighted by Crippen LogP contribution is -2.33. The summed E-state index contributed by atoms with van der Waals surface area (Å²) >= 11 is 3.52. The Balaban J connectivity index is 1.79. The van der Waals surface area contributed by atoms with Crippen LogP contribution in [0.3, 0.4) is 0 Å². The van der Waals surface area contributed by atoms with Gasteiger partial charge in [-0.3, -0.25) is 0 Å². The van der Waals surface area contributed by atoms with Crippen LogP contribution in [-0.2, 0) is 0 Å². The van der Waals surface area contributed by atoms with Crippen LogP contribution in [0, 0.1) is 0 Å². The molecule has 0 amide bonds. The van der Waals surface area contributed by atoms with Gasteiger partial charge in [-0.2, -0.15) is 0 Å². The topological polar surface area (TPSA) is 21.3 Å². The molecule has 0 radical (unpaired) electrons. The Labute approximate surface area is 123 Å². The number of hydrogen-bond acceptors (Lipinski definition) is 2. The average Bonchev–Trinajstić information content (AvgIpc) is 2.62. The van der Waals surface area contributed by atoms with E-state index in [2.05, 4.69) is 51.6 Å². The fourth-order valence-corrected chi connectivity index (χ4v) is 3.29. The zero-order valence-electron chi connectivity index (χ0n) is 11.1. The summed E-state index contributed by atoms with van der Waals surface area (Å²) in [6.45, 7) is 0.826. The maximum absolute atomic E-state index is 5.86. The molecule has 19 heavy (non-hydrogen) atoms. The molecule has 0 bridgehead atoms. The predicted molar refractivity (Wildman–Crippen MR) is 81.5 cm³/mol. The van der Waals surface area contributed by atoms with E-state index >= 15 is 0 Å². The molecule has 1 heterocycles. The van der Waals surface area contributed by atoms with E-state index < -0.39 is 0 Å². The molecular formula is C16H20BrNO. The maximum atomic E-state index is 5.86. The van der Waals surface area contributed by atoms with Gasteiger partial charge in [-0.1, -0.05) is 34.1 Å². The summed E-state index contributed by atoms with van der Waals surface area (Å²) in [6.07, 6.45) is 10.5. The van der Waals surface area contributed by atoms with E-state index in [0.717, 1.165) is 36.1 Å². The van der Waals surface area contributed by atoms with E-state index in [9.17, 15) is 0 Å². The van der Waals surface area contributed by atoms with Gasteiger partial charge in [0.05, 0.1) is 6.61 Å². The highest BCUT2D eigenvalue weighted by Crippen LogP contribution is 2.34. The van der Waals surface area contributed by atoms with E-state index in [1.54, 1.807) is 0 Å². The molecule has 2 unspecified atom stereocenters. The van der Waals surface area contributed by atoms with E-state index in [0.29, 0.717) is 12.1 Å². The summed E-state index contributed by atoms with van der Waals surface area (Å²) in [5, 5.41) is 3.83. The van der Waals surface area contributed by atoms with Crippen LogP contribution in [0.4, 0.5) is 0 Å². The summed E-state index contributed by atoms with van der Waals surface area (Å²) in [5.74, 6) is 1.04. The van der Waals surface area contributed by atoms with Crippen molar-refractivity contribution in [1.82, 2.24) is 5.32 Å². The van der Waals surface area contributed by atoms with Crippen LogP contribution in [0.5, 0.6) is 5.75 Å². The van der Waals surface area contributed by atoms with Crippen molar-refractivity contribution in [3.05, 3.63) is 40.4 Å². The molecule has 1 N–H and O–H groups in total. The van der Waals surface area contributed by atoms with Crippen molar-refractivity contribution in [3.63, 3.8) is 0 Å². The molecule has 0 aromatic heterocycles. The van der Waals surface area contributed by atoms with E-state index in [1.807, 2.05) is 0 Å². The summed E-state index contributed by atoms with van der Waals surface area (Å²) < 4.78 is 6.95. The third-order valence-electron chi connectivity index (χ3n) is 3.95. The molecule has 3 heteroatoms. The number of rotatable bonds is 2. The minimum absolute atomic E-state index is 0.432. The molecule has 0 saturated heterocycles. The number of nitrogens with one attached hydrogen (secondary N) is 1. The van der Waals surface area contributed by atoms with Crippen LogP contribution in [0.15, 0.2) is 34.8 Å². The molecular weight excluding hydrogens is 302 g/mol. The second kappa shape index (κ2) is 6.10. The fraction of sp³-hybridized carbons (Fsp3) is 0.500. The normalized spacial score (nSPS) is 26.4. The lowest BCUT2D eigenvalue weighted by molar-refractivity contribution is 0.313. The molecule has 1 aromatic rings. The Bertz CT molecular complexity index is 472. The largest absolute Gasteiger partial charge is 0.493 e. The molecule has 0 spiro atoms. The van der Waals surface area contributed by atoms with Gasteiger partial charge >= 0.3 is 0 Å². The van der Waals surface area contributed by atoms with Gasteiger partial charge in [-0.05, 0) is 44.2 Å². The van der Waals surface area contributed by atoms with Gasteiger partial charge in [0.15, 0.2) is 0 Å². The predicted octanol–water partition coefficient (Wildman–Crippen LogP) is 4.36. The number of benzene rings is 1. The van der Waals surface area contributed by atoms with Crippen LogP contribution in [0.2, 0.25) is 0 Å². The number of ether oxygens (including phenoxy) is 1. The summed E-state index contributed by atoms with van der Waals surface area (Å²) in [6, 6.07) is 7.45. The highest BCUT2D eigenvalue weighted by Gasteiger charge is 2.22. The smallest absolute Gasteiger partial charge is 0.125 e. The minimum Gasteiger partial charge on any atom is -0.493 e. The Kier molecular flexibility index (Phi) is 4.24. The number of fused-ring (bicyclic) bond motifs is 1. The summed E-state index contributed by atoms with van der Waals surface area (Å²) in [5.41, 5.74) is 1.32. The Morgan fingerprint density at radius 1 is 1.21 bits per heavy atom.